The van der Waals surface area contributed by atoms with E-state index >= 15 is 0 Å². The molecule has 1 saturated heterocycles. The fourth-order valence-corrected chi connectivity index (χ4v) is 2.91. The summed E-state index contributed by atoms with van der Waals surface area (Å²) in [7, 11) is 0. The Kier molecular flexibility index (Phi) is 4.40. The molecule has 3 rings (SSSR count). The molecule has 2 aromatic rings. The van der Waals surface area contributed by atoms with Crippen molar-refractivity contribution in [1.29, 1.82) is 0 Å². The van der Waals surface area contributed by atoms with Crippen molar-refractivity contribution in [2.75, 3.05) is 32.0 Å². The molecule has 118 valence electrons. The molecule has 22 heavy (non-hydrogen) atoms. The lowest BCUT2D eigenvalue weighted by Crippen LogP contribution is -2.46. The summed E-state index contributed by atoms with van der Waals surface area (Å²) >= 11 is 0. The fourth-order valence-electron chi connectivity index (χ4n) is 2.91. The van der Waals surface area contributed by atoms with Crippen molar-refractivity contribution >= 4 is 16.9 Å². The molecule has 6 heteroatoms. The number of hydrogen-bond acceptors (Lipinski definition) is 6. The Hall–Kier alpha value is -1.92. The van der Waals surface area contributed by atoms with Crippen LogP contribution in [0.4, 0.5) is 5.95 Å². The molecule has 0 bridgehead atoms. The van der Waals surface area contributed by atoms with Crippen LogP contribution in [-0.4, -0.2) is 53.3 Å². The molecule has 1 aliphatic heterocycles. The van der Waals surface area contributed by atoms with Crippen LogP contribution in [0, 0.1) is 0 Å². The SMILES string of the molecule is CC1CN(CCOc2cccc3cnc(N)nc23)CC(C)O1. The molecule has 2 N–H and O–H groups in total. The Morgan fingerprint density at radius 2 is 2.09 bits per heavy atom. The quantitative estimate of drug-likeness (QED) is 0.926. The van der Waals surface area contributed by atoms with Crippen LogP contribution in [0.2, 0.25) is 0 Å². The highest BCUT2D eigenvalue weighted by Gasteiger charge is 2.21. The predicted molar refractivity (Wildman–Crippen MR) is 85.9 cm³/mol. The van der Waals surface area contributed by atoms with Gasteiger partial charge >= 0.3 is 0 Å². The zero-order valence-electron chi connectivity index (χ0n) is 13.0. The molecule has 1 fully saturated rings. The molecule has 0 spiro atoms. The first kappa shape index (κ1) is 15.0. The van der Waals surface area contributed by atoms with Crippen molar-refractivity contribution in [1.82, 2.24) is 14.9 Å². The van der Waals surface area contributed by atoms with Gasteiger partial charge in [-0.15, -0.1) is 0 Å². The van der Waals surface area contributed by atoms with Crippen LogP contribution in [0.25, 0.3) is 10.9 Å². The number of hydrogen-bond donors (Lipinski definition) is 1. The molecule has 0 aliphatic carbocycles. The fraction of sp³-hybridized carbons (Fsp3) is 0.500. The molecular formula is C16H22N4O2. The number of anilines is 1. The second kappa shape index (κ2) is 6.46. The van der Waals surface area contributed by atoms with Crippen LogP contribution in [0.1, 0.15) is 13.8 Å². The molecule has 0 amide bonds. The average molecular weight is 302 g/mol. The van der Waals surface area contributed by atoms with E-state index in [1.807, 2.05) is 18.2 Å². The molecule has 2 unspecified atom stereocenters. The van der Waals surface area contributed by atoms with Crippen molar-refractivity contribution in [3.63, 3.8) is 0 Å². The van der Waals surface area contributed by atoms with E-state index in [1.54, 1.807) is 6.20 Å². The van der Waals surface area contributed by atoms with Crippen LogP contribution in [-0.2, 0) is 4.74 Å². The monoisotopic (exact) mass is 302 g/mol. The van der Waals surface area contributed by atoms with Gasteiger partial charge in [0.25, 0.3) is 0 Å². The largest absolute Gasteiger partial charge is 0.490 e. The first-order valence-electron chi connectivity index (χ1n) is 7.63. The minimum Gasteiger partial charge on any atom is -0.490 e. The standard InChI is InChI=1S/C16H22N4O2/c1-11-9-20(10-12(2)22-11)6-7-21-14-5-3-4-13-8-18-16(17)19-15(13)14/h3-5,8,11-12H,6-7,9-10H2,1-2H3,(H2,17,18,19). The smallest absolute Gasteiger partial charge is 0.220 e. The number of para-hydroxylation sites is 1. The van der Waals surface area contributed by atoms with Gasteiger partial charge in [-0.1, -0.05) is 12.1 Å². The Balaban J connectivity index is 1.63. The number of morpholine rings is 1. The summed E-state index contributed by atoms with van der Waals surface area (Å²) in [5, 5.41) is 0.931. The summed E-state index contributed by atoms with van der Waals surface area (Å²) in [5.41, 5.74) is 6.43. The first-order valence-corrected chi connectivity index (χ1v) is 7.63. The second-order valence-electron chi connectivity index (χ2n) is 5.79. The topological polar surface area (TPSA) is 73.5 Å². The number of ether oxygens (including phenoxy) is 2. The third-order valence-electron chi connectivity index (χ3n) is 3.75. The maximum absolute atomic E-state index is 5.92. The number of nitrogens with zero attached hydrogens (tertiary/aromatic N) is 3. The highest BCUT2D eigenvalue weighted by molar-refractivity contribution is 5.84. The third-order valence-corrected chi connectivity index (χ3v) is 3.75. The summed E-state index contributed by atoms with van der Waals surface area (Å²) in [6.07, 6.45) is 2.26. The molecule has 1 aliphatic rings. The number of rotatable bonds is 4. The highest BCUT2D eigenvalue weighted by Crippen LogP contribution is 2.23. The lowest BCUT2D eigenvalue weighted by Gasteiger charge is -2.35. The first-order chi connectivity index (χ1) is 10.6. The van der Waals surface area contributed by atoms with E-state index in [9.17, 15) is 0 Å². The summed E-state index contributed by atoms with van der Waals surface area (Å²) < 4.78 is 11.7. The van der Waals surface area contributed by atoms with E-state index in [0.717, 1.165) is 36.3 Å². The normalized spacial score (nSPS) is 22.8. The maximum atomic E-state index is 5.92. The molecule has 6 nitrogen and oxygen atoms in total. The van der Waals surface area contributed by atoms with Gasteiger partial charge in [-0.3, -0.25) is 4.90 Å². The zero-order valence-corrected chi connectivity index (χ0v) is 13.0. The molecule has 2 atom stereocenters. The second-order valence-corrected chi connectivity index (χ2v) is 5.79. The van der Waals surface area contributed by atoms with Gasteiger partial charge < -0.3 is 15.2 Å². The van der Waals surface area contributed by atoms with Crippen LogP contribution in [0.15, 0.2) is 24.4 Å². The Morgan fingerprint density at radius 3 is 2.86 bits per heavy atom. The average Bonchev–Trinajstić information content (AvgIpc) is 2.46. The molecule has 1 aromatic carbocycles. The molecular weight excluding hydrogens is 280 g/mol. The number of nitrogens with two attached hydrogens (primary N) is 1. The summed E-state index contributed by atoms with van der Waals surface area (Å²) in [6, 6.07) is 5.81. The molecule has 2 heterocycles. The summed E-state index contributed by atoms with van der Waals surface area (Å²) in [4.78, 5) is 10.6. The van der Waals surface area contributed by atoms with Crippen molar-refractivity contribution < 1.29 is 9.47 Å². The molecule has 0 saturated carbocycles. The summed E-state index contributed by atoms with van der Waals surface area (Å²) in [5.74, 6) is 1.01. The van der Waals surface area contributed by atoms with Crippen molar-refractivity contribution in [2.45, 2.75) is 26.1 Å². The minimum atomic E-state index is 0.263. The van der Waals surface area contributed by atoms with E-state index < -0.39 is 0 Å². The molecule has 0 radical (unpaired) electrons. The van der Waals surface area contributed by atoms with Crippen molar-refractivity contribution in [2.24, 2.45) is 0 Å². The number of aromatic nitrogens is 2. The van der Waals surface area contributed by atoms with Crippen molar-refractivity contribution in [3.8, 4) is 5.75 Å². The predicted octanol–water partition coefficient (Wildman–Crippen LogP) is 1.70. The van der Waals surface area contributed by atoms with Gasteiger partial charge in [0.15, 0.2) is 0 Å². The van der Waals surface area contributed by atoms with E-state index in [-0.39, 0.29) is 18.2 Å². The lowest BCUT2D eigenvalue weighted by atomic mass is 10.2. The number of fused-ring (bicyclic) bond motifs is 1. The van der Waals surface area contributed by atoms with Crippen molar-refractivity contribution in [3.05, 3.63) is 24.4 Å². The van der Waals surface area contributed by atoms with Crippen LogP contribution in [0.5, 0.6) is 5.75 Å². The molecule has 1 aromatic heterocycles. The Bertz CT molecular complexity index is 639. The van der Waals surface area contributed by atoms with Gasteiger partial charge in [0.1, 0.15) is 17.9 Å². The Labute approximate surface area is 130 Å². The van der Waals surface area contributed by atoms with E-state index in [0.29, 0.717) is 6.61 Å². The lowest BCUT2D eigenvalue weighted by molar-refractivity contribution is -0.0699. The maximum Gasteiger partial charge on any atom is 0.220 e. The van der Waals surface area contributed by atoms with Crippen LogP contribution < -0.4 is 10.5 Å². The van der Waals surface area contributed by atoms with Gasteiger partial charge in [-0.25, -0.2) is 9.97 Å². The highest BCUT2D eigenvalue weighted by atomic mass is 16.5. The van der Waals surface area contributed by atoms with E-state index in [4.69, 9.17) is 15.2 Å². The van der Waals surface area contributed by atoms with Gasteiger partial charge in [-0.05, 0) is 19.9 Å². The number of nitrogen functional groups attached to an aromatic ring is 1. The van der Waals surface area contributed by atoms with E-state index in [1.165, 1.54) is 0 Å². The number of benzene rings is 1. The van der Waals surface area contributed by atoms with Crippen LogP contribution in [0.3, 0.4) is 0 Å². The minimum absolute atomic E-state index is 0.263. The Morgan fingerprint density at radius 1 is 1.32 bits per heavy atom. The van der Waals surface area contributed by atoms with Gasteiger partial charge in [-0.2, -0.15) is 0 Å². The van der Waals surface area contributed by atoms with Gasteiger partial charge in [0.05, 0.1) is 12.2 Å². The zero-order chi connectivity index (χ0) is 15.5. The van der Waals surface area contributed by atoms with Gasteiger partial charge in [0.2, 0.25) is 5.95 Å². The van der Waals surface area contributed by atoms with Crippen LogP contribution >= 0.6 is 0 Å². The third kappa shape index (κ3) is 3.45. The van der Waals surface area contributed by atoms with Gasteiger partial charge in [0, 0.05) is 31.2 Å². The van der Waals surface area contributed by atoms with E-state index in [2.05, 4.69) is 28.7 Å². The summed E-state index contributed by atoms with van der Waals surface area (Å²) in [6.45, 7) is 7.58.